The zero-order valence-corrected chi connectivity index (χ0v) is 14.5. The summed E-state index contributed by atoms with van der Waals surface area (Å²) in [5, 5.41) is 10.3. The van der Waals surface area contributed by atoms with E-state index in [1.54, 1.807) is 0 Å². The number of β-amino-alcohol motifs (C(OH)–C–C–N with tert-alkyl or cyclic N) is 1. The van der Waals surface area contributed by atoms with Gasteiger partial charge in [-0.1, -0.05) is 32.4 Å². The number of ether oxygens (including phenoxy) is 1. The van der Waals surface area contributed by atoms with Gasteiger partial charge < -0.3 is 9.84 Å². The van der Waals surface area contributed by atoms with E-state index in [9.17, 15) is 5.11 Å². The van der Waals surface area contributed by atoms with Crippen LogP contribution in [0, 0.1) is 0 Å². The van der Waals surface area contributed by atoms with Gasteiger partial charge in [0.25, 0.3) is 0 Å². The van der Waals surface area contributed by atoms with Crippen molar-refractivity contribution >= 4 is 0 Å². The lowest BCUT2D eigenvalue weighted by Crippen LogP contribution is -2.48. The first-order valence-electron chi connectivity index (χ1n) is 8.64. The third-order valence-electron chi connectivity index (χ3n) is 4.79. The lowest BCUT2D eigenvalue weighted by atomic mass is 9.97. The molecule has 0 saturated carbocycles. The standard InChI is InChI=1S/C19H31NO2/c1-14(2)17-8-10-19(11-9-17)22-13-18(21)12-20-15(3)6-5-7-16(20)4/h8-11,14-16,18,21H,5-7,12-13H2,1-4H3. The monoisotopic (exact) mass is 305 g/mol. The van der Waals surface area contributed by atoms with Crippen molar-refractivity contribution in [3.05, 3.63) is 29.8 Å². The minimum atomic E-state index is -0.437. The molecule has 1 aromatic rings. The van der Waals surface area contributed by atoms with Crippen LogP contribution < -0.4 is 4.74 Å². The van der Waals surface area contributed by atoms with E-state index in [1.165, 1.54) is 24.8 Å². The maximum Gasteiger partial charge on any atom is 0.119 e. The Balaban J connectivity index is 1.80. The second-order valence-electron chi connectivity index (χ2n) is 7.01. The highest BCUT2D eigenvalue weighted by atomic mass is 16.5. The van der Waals surface area contributed by atoms with Crippen LogP contribution in [-0.4, -0.2) is 41.3 Å². The molecule has 0 aromatic heterocycles. The summed E-state index contributed by atoms with van der Waals surface area (Å²) in [4.78, 5) is 2.42. The molecule has 0 spiro atoms. The molecule has 0 radical (unpaired) electrons. The summed E-state index contributed by atoms with van der Waals surface area (Å²) < 4.78 is 5.74. The number of nitrogens with zero attached hydrogens (tertiary/aromatic N) is 1. The molecule has 1 heterocycles. The van der Waals surface area contributed by atoms with E-state index in [-0.39, 0.29) is 0 Å². The SMILES string of the molecule is CC(C)c1ccc(OCC(O)CN2C(C)CCCC2C)cc1. The molecule has 0 amide bonds. The molecule has 0 bridgehead atoms. The van der Waals surface area contributed by atoms with Crippen LogP contribution in [0.2, 0.25) is 0 Å². The van der Waals surface area contributed by atoms with Gasteiger partial charge >= 0.3 is 0 Å². The Bertz CT molecular complexity index is 433. The summed E-state index contributed by atoms with van der Waals surface area (Å²) in [6, 6.07) is 9.30. The Morgan fingerprint density at radius 2 is 1.73 bits per heavy atom. The molecular weight excluding hydrogens is 274 g/mol. The van der Waals surface area contributed by atoms with Crippen LogP contribution in [0.5, 0.6) is 5.75 Å². The number of hydrogen-bond acceptors (Lipinski definition) is 3. The van der Waals surface area contributed by atoms with Crippen LogP contribution in [0.15, 0.2) is 24.3 Å². The first-order valence-corrected chi connectivity index (χ1v) is 8.64. The second-order valence-corrected chi connectivity index (χ2v) is 7.01. The molecule has 3 unspecified atom stereocenters. The quantitative estimate of drug-likeness (QED) is 0.867. The van der Waals surface area contributed by atoms with E-state index >= 15 is 0 Å². The Hall–Kier alpha value is -1.06. The van der Waals surface area contributed by atoms with Crippen LogP contribution >= 0.6 is 0 Å². The van der Waals surface area contributed by atoms with Crippen LogP contribution in [0.1, 0.15) is 58.4 Å². The molecule has 3 nitrogen and oxygen atoms in total. The Labute approximate surface area is 135 Å². The van der Waals surface area contributed by atoms with Crippen LogP contribution in [0.4, 0.5) is 0 Å². The summed E-state index contributed by atoms with van der Waals surface area (Å²) in [5.41, 5.74) is 1.31. The lowest BCUT2D eigenvalue weighted by molar-refractivity contribution is 0.0209. The van der Waals surface area contributed by atoms with Crippen molar-refractivity contribution in [2.75, 3.05) is 13.2 Å². The van der Waals surface area contributed by atoms with Crippen molar-refractivity contribution in [1.82, 2.24) is 4.90 Å². The van der Waals surface area contributed by atoms with E-state index in [0.717, 1.165) is 5.75 Å². The molecule has 124 valence electrons. The molecule has 2 rings (SSSR count). The van der Waals surface area contributed by atoms with Crippen molar-refractivity contribution < 1.29 is 9.84 Å². The Kier molecular flexibility index (Phi) is 6.27. The smallest absolute Gasteiger partial charge is 0.119 e. The van der Waals surface area contributed by atoms with Gasteiger partial charge in [-0.2, -0.15) is 0 Å². The highest BCUT2D eigenvalue weighted by Crippen LogP contribution is 2.23. The Morgan fingerprint density at radius 1 is 1.14 bits per heavy atom. The highest BCUT2D eigenvalue weighted by Gasteiger charge is 2.26. The molecule has 1 aromatic carbocycles. The molecule has 1 fully saturated rings. The fraction of sp³-hybridized carbons (Fsp3) is 0.684. The molecular formula is C19H31NO2. The van der Waals surface area contributed by atoms with Gasteiger partial charge in [-0.05, 0) is 50.3 Å². The molecule has 0 aliphatic carbocycles. The fourth-order valence-electron chi connectivity index (χ4n) is 3.27. The number of hydrogen-bond donors (Lipinski definition) is 1. The molecule has 1 N–H and O–H groups in total. The molecule has 3 atom stereocenters. The molecule has 1 aliphatic rings. The van der Waals surface area contributed by atoms with Gasteiger partial charge in [0.15, 0.2) is 0 Å². The Morgan fingerprint density at radius 3 is 2.27 bits per heavy atom. The summed E-state index contributed by atoms with van der Waals surface area (Å²) in [7, 11) is 0. The van der Waals surface area contributed by atoms with Crippen molar-refractivity contribution in [3.8, 4) is 5.75 Å². The van der Waals surface area contributed by atoms with Crippen molar-refractivity contribution in [1.29, 1.82) is 0 Å². The van der Waals surface area contributed by atoms with Gasteiger partial charge in [0, 0.05) is 18.6 Å². The molecule has 3 heteroatoms. The third kappa shape index (κ3) is 4.72. The number of benzene rings is 1. The zero-order chi connectivity index (χ0) is 16.1. The van der Waals surface area contributed by atoms with E-state index in [2.05, 4.69) is 44.7 Å². The lowest BCUT2D eigenvalue weighted by Gasteiger charge is -2.40. The molecule has 1 saturated heterocycles. The van der Waals surface area contributed by atoms with E-state index in [4.69, 9.17) is 4.74 Å². The third-order valence-corrected chi connectivity index (χ3v) is 4.79. The predicted molar refractivity (Wildman–Crippen MR) is 91.5 cm³/mol. The van der Waals surface area contributed by atoms with Crippen LogP contribution in [0.3, 0.4) is 0 Å². The first-order chi connectivity index (χ1) is 10.5. The number of likely N-dealkylation sites (tertiary alicyclic amines) is 1. The molecule has 1 aliphatic heterocycles. The maximum atomic E-state index is 10.3. The topological polar surface area (TPSA) is 32.7 Å². The predicted octanol–water partition coefficient (Wildman–Crippen LogP) is 3.81. The summed E-state index contributed by atoms with van der Waals surface area (Å²) in [5.74, 6) is 1.37. The van der Waals surface area contributed by atoms with Crippen molar-refractivity contribution in [3.63, 3.8) is 0 Å². The maximum absolute atomic E-state index is 10.3. The number of rotatable bonds is 6. The molecule has 22 heavy (non-hydrogen) atoms. The van der Waals surface area contributed by atoms with Gasteiger partial charge in [-0.3, -0.25) is 4.90 Å². The first kappa shape index (κ1) is 17.3. The van der Waals surface area contributed by atoms with Crippen molar-refractivity contribution in [2.24, 2.45) is 0 Å². The van der Waals surface area contributed by atoms with Crippen LogP contribution in [-0.2, 0) is 0 Å². The summed E-state index contributed by atoms with van der Waals surface area (Å²) in [6.07, 6.45) is 3.32. The zero-order valence-electron chi connectivity index (χ0n) is 14.5. The second kappa shape index (κ2) is 7.98. The van der Waals surface area contributed by atoms with E-state index in [1.807, 2.05) is 12.1 Å². The van der Waals surface area contributed by atoms with Crippen molar-refractivity contribution in [2.45, 2.75) is 71.1 Å². The van der Waals surface area contributed by atoms with E-state index in [0.29, 0.717) is 31.2 Å². The largest absolute Gasteiger partial charge is 0.491 e. The summed E-state index contributed by atoms with van der Waals surface area (Å²) >= 11 is 0. The van der Waals surface area contributed by atoms with Gasteiger partial charge in [0.05, 0.1) is 0 Å². The number of piperidine rings is 1. The highest BCUT2D eigenvalue weighted by molar-refractivity contribution is 5.28. The minimum absolute atomic E-state index is 0.358. The number of aliphatic hydroxyl groups excluding tert-OH is 1. The van der Waals surface area contributed by atoms with Gasteiger partial charge in [0.1, 0.15) is 18.5 Å². The van der Waals surface area contributed by atoms with Gasteiger partial charge in [0.2, 0.25) is 0 Å². The fourth-order valence-corrected chi connectivity index (χ4v) is 3.27. The van der Waals surface area contributed by atoms with E-state index < -0.39 is 6.10 Å². The van der Waals surface area contributed by atoms with Gasteiger partial charge in [-0.15, -0.1) is 0 Å². The minimum Gasteiger partial charge on any atom is -0.491 e. The van der Waals surface area contributed by atoms with Crippen LogP contribution in [0.25, 0.3) is 0 Å². The average molecular weight is 305 g/mol. The summed E-state index contributed by atoms with van der Waals surface area (Å²) in [6.45, 7) is 9.94. The van der Waals surface area contributed by atoms with Gasteiger partial charge in [-0.25, -0.2) is 0 Å². The number of aliphatic hydroxyl groups is 1. The average Bonchev–Trinajstić information content (AvgIpc) is 2.49. The normalized spacial score (nSPS) is 24.5.